The maximum atomic E-state index is 12.5. The van der Waals surface area contributed by atoms with E-state index < -0.39 is 0 Å². The molecule has 0 aromatic heterocycles. The van der Waals surface area contributed by atoms with Crippen LogP contribution in [-0.2, 0) is 11.2 Å². The van der Waals surface area contributed by atoms with Crippen LogP contribution in [0.3, 0.4) is 0 Å². The number of rotatable bonds is 5. The van der Waals surface area contributed by atoms with Gasteiger partial charge in [-0.15, -0.1) is 0 Å². The van der Waals surface area contributed by atoms with E-state index >= 15 is 0 Å². The van der Waals surface area contributed by atoms with Crippen molar-refractivity contribution in [2.75, 3.05) is 32.0 Å². The fraction of sp³-hybridized carbons (Fsp3) is 0.500. The number of nitrogens with one attached hydrogen (secondary N) is 2. The summed E-state index contributed by atoms with van der Waals surface area (Å²) in [7, 11) is 1.66. The number of benzene rings is 1. The van der Waals surface area contributed by atoms with E-state index in [2.05, 4.69) is 10.6 Å². The third kappa shape index (κ3) is 3.74. The maximum Gasteiger partial charge on any atom is 0.256 e. The Hall–Kier alpha value is -2.04. The van der Waals surface area contributed by atoms with Gasteiger partial charge < -0.3 is 15.5 Å². The van der Waals surface area contributed by atoms with Gasteiger partial charge in [-0.1, -0.05) is 19.1 Å². The molecule has 0 atom stereocenters. The molecular formula is C16H23N3O2. The van der Waals surface area contributed by atoms with Crippen LogP contribution in [0.2, 0.25) is 0 Å². The lowest BCUT2D eigenvalue weighted by atomic mass is 9.99. The Morgan fingerprint density at radius 2 is 2.19 bits per heavy atom. The van der Waals surface area contributed by atoms with Crippen LogP contribution in [0.15, 0.2) is 18.2 Å². The highest BCUT2D eigenvalue weighted by Crippen LogP contribution is 2.26. The zero-order valence-electron chi connectivity index (χ0n) is 12.7. The second kappa shape index (κ2) is 7.11. The lowest BCUT2D eigenvalue weighted by Gasteiger charge is -2.23. The summed E-state index contributed by atoms with van der Waals surface area (Å²) in [4.78, 5) is 25.7. The average molecular weight is 289 g/mol. The summed E-state index contributed by atoms with van der Waals surface area (Å²) >= 11 is 0. The van der Waals surface area contributed by atoms with Gasteiger partial charge >= 0.3 is 0 Å². The highest BCUT2D eigenvalue weighted by molar-refractivity contribution is 6.01. The van der Waals surface area contributed by atoms with Gasteiger partial charge in [0.1, 0.15) is 0 Å². The van der Waals surface area contributed by atoms with Crippen molar-refractivity contribution in [2.45, 2.75) is 26.2 Å². The summed E-state index contributed by atoms with van der Waals surface area (Å²) in [6, 6.07) is 5.77. The van der Waals surface area contributed by atoms with Crippen molar-refractivity contribution in [3.8, 4) is 0 Å². The minimum atomic E-state index is -0.120. The lowest BCUT2D eigenvalue weighted by molar-refractivity contribution is -0.121. The fourth-order valence-corrected chi connectivity index (χ4v) is 2.50. The Bertz CT molecular complexity index is 528. The van der Waals surface area contributed by atoms with E-state index in [0.717, 1.165) is 31.5 Å². The number of hydrogen-bond donors (Lipinski definition) is 2. The van der Waals surface area contributed by atoms with Crippen molar-refractivity contribution in [1.82, 2.24) is 10.2 Å². The smallest absolute Gasteiger partial charge is 0.256 e. The number of para-hydroxylation sites is 1. The van der Waals surface area contributed by atoms with Crippen molar-refractivity contribution in [3.05, 3.63) is 29.3 Å². The van der Waals surface area contributed by atoms with Crippen molar-refractivity contribution < 1.29 is 9.59 Å². The molecule has 0 saturated heterocycles. The molecule has 0 aliphatic carbocycles. The normalized spacial score (nSPS) is 13.0. The molecule has 21 heavy (non-hydrogen) atoms. The third-order valence-electron chi connectivity index (χ3n) is 3.61. The molecule has 5 nitrogen and oxygen atoms in total. The van der Waals surface area contributed by atoms with Crippen LogP contribution in [-0.4, -0.2) is 43.4 Å². The number of hydrogen-bond acceptors (Lipinski definition) is 3. The summed E-state index contributed by atoms with van der Waals surface area (Å²) < 4.78 is 0. The highest BCUT2D eigenvalue weighted by Gasteiger charge is 2.21. The Balaban J connectivity index is 2.07. The fourth-order valence-electron chi connectivity index (χ4n) is 2.50. The van der Waals surface area contributed by atoms with Crippen molar-refractivity contribution in [2.24, 2.45) is 0 Å². The predicted octanol–water partition coefficient (Wildman–Crippen LogP) is 1.64. The van der Waals surface area contributed by atoms with Crippen LogP contribution in [0.5, 0.6) is 0 Å². The SMILES string of the molecule is CCCNC(=O)CN(C)C(=O)c1cccc2c1NCCC2. The van der Waals surface area contributed by atoms with Gasteiger partial charge in [-0.3, -0.25) is 9.59 Å². The van der Waals surface area contributed by atoms with Crippen LogP contribution in [0.1, 0.15) is 35.7 Å². The van der Waals surface area contributed by atoms with Crippen LogP contribution in [0.4, 0.5) is 5.69 Å². The summed E-state index contributed by atoms with van der Waals surface area (Å²) in [6.45, 7) is 3.61. The van der Waals surface area contributed by atoms with Gasteiger partial charge in [0.2, 0.25) is 5.91 Å². The van der Waals surface area contributed by atoms with E-state index in [1.165, 1.54) is 10.5 Å². The molecule has 5 heteroatoms. The molecule has 0 spiro atoms. The first-order valence-corrected chi connectivity index (χ1v) is 7.51. The molecule has 1 aromatic carbocycles. The van der Waals surface area contributed by atoms with Gasteiger partial charge in [-0.2, -0.15) is 0 Å². The number of fused-ring (bicyclic) bond motifs is 1. The minimum Gasteiger partial charge on any atom is -0.384 e. The molecule has 0 saturated carbocycles. The first kappa shape index (κ1) is 15.4. The quantitative estimate of drug-likeness (QED) is 0.866. The molecule has 1 heterocycles. The average Bonchev–Trinajstić information content (AvgIpc) is 2.51. The molecule has 1 aliphatic rings. The molecule has 1 aromatic rings. The van der Waals surface area contributed by atoms with E-state index in [0.29, 0.717) is 12.1 Å². The number of amides is 2. The molecule has 114 valence electrons. The molecule has 2 N–H and O–H groups in total. The van der Waals surface area contributed by atoms with Gasteiger partial charge in [0.05, 0.1) is 17.8 Å². The molecule has 0 fully saturated rings. The standard InChI is InChI=1S/C16H23N3O2/c1-3-9-17-14(20)11-19(2)16(21)13-8-4-6-12-7-5-10-18-15(12)13/h4,6,8,18H,3,5,7,9-11H2,1-2H3,(H,17,20). The van der Waals surface area contributed by atoms with Crippen LogP contribution < -0.4 is 10.6 Å². The predicted molar refractivity (Wildman–Crippen MR) is 83.5 cm³/mol. The zero-order chi connectivity index (χ0) is 15.2. The number of aryl methyl sites for hydroxylation is 1. The second-order valence-electron chi connectivity index (χ2n) is 5.38. The second-order valence-corrected chi connectivity index (χ2v) is 5.38. The van der Waals surface area contributed by atoms with Crippen molar-refractivity contribution >= 4 is 17.5 Å². The summed E-state index contributed by atoms with van der Waals surface area (Å²) in [6.07, 6.45) is 2.96. The number of carbonyl (C=O) groups excluding carboxylic acids is 2. The van der Waals surface area contributed by atoms with Gasteiger partial charge in [-0.25, -0.2) is 0 Å². The van der Waals surface area contributed by atoms with Crippen LogP contribution in [0, 0.1) is 0 Å². The Labute approximate surface area is 125 Å². The maximum absolute atomic E-state index is 12.5. The molecule has 0 radical (unpaired) electrons. The summed E-state index contributed by atoms with van der Waals surface area (Å²) in [5, 5.41) is 6.09. The summed E-state index contributed by atoms with van der Waals surface area (Å²) in [5.74, 6) is -0.238. The van der Waals surface area contributed by atoms with Crippen molar-refractivity contribution in [1.29, 1.82) is 0 Å². The zero-order valence-corrected chi connectivity index (χ0v) is 12.7. The summed E-state index contributed by atoms with van der Waals surface area (Å²) in [5.41, 5.74) is 2.75. The minimum absolute atomic E-state index is 0.0858. The molecule has 0 unspecified atom stereocenters. The molecule has 1 aliphatic heterocycles. The first-order chi connectivity index (χ1) is 10.1. The van der Waals surface area contributed by atoms with E-state index in [1.54, 1.807) is 7.05 Å². The van der Waals surface area contributed by atoms with E-state index in [4.69, 9.17) is 0 Å². The van der Waals surface area contributed by atoms with E-state index in [1.807, 2.05) is 25.1 Å². The van der Waals surface area contributed by atoms with Crippen LogP contribution in [0.25, 0.3) is 0 Å². The molecule has 2 amide bonds. The van der Waals surface area contributed by atoms with Gasteiger partial charge in [-0.05, 0) is 30.9 Å². The monoisotopic (exact) mass is 289 g/mol. The molecule has 0 bridgehead atoms. The lowest BCUT2D eigenvalue weighted by Crippen LogP contribution is -2.39. The number of likely N-dealkylation sites (N-methyl/N-ethyl adjacent to an activating group) is 1. The largest absolute Gasteiger partial charge is 0.384 e. The van der Waals surface area contributed by atoms with Gasteiger partial charge in [0, 0.05) is 20.1 Å². The molecule has 2 rings (SSSR count). The van der Waals surface area contributed by atoms with Crippen molar-refractivity contribution in [3.63, 3.8) is 0 Å². The van der Waals surface area contributed by atoms with Gasteiger partial charge in [0.15, 0.2) is 0 Å². The number of anilines is 1. The number of nitrogens with zero attached hydrogens (tertiary/aromatic N) is 1. The van der Waals surface area contributed by atoms with E-state index in [9.17, 15) is 9.59 Å². The van der Waals surface area contributed by atoms with E-state index in [-0.39, 0.29) is 18.4 Å². The topological polar surface area (TPSA) is 61.4 Å². The number of carbonyl (C=O) groups is 2. The molecular weight excluding hydrogens is 266 g/mol. The highest BCUT2D eigenvalue weighted by atomic mass is 16.2. The third-order valence-corrected chi connectivity index (χ3v) is 3.61. The Morgan fingerprint density at radius 1 is 1.38 bits per heavy atom. The first-order valence-electron chi connectivity index (χ1n) is 7.51. The Morgan fingerprint density at radius 3 is 2.95 bits per heavy atom. The van der Waals surface area contributed by atoms with Crippen LogP contribution >= 0.6 is 0 Å². The Kier molecular flexibility index (Phi) is 5.20. The van der Waals surface area contributed by atoms with Gasteiger partial charge in [0.25, 0.3) is 5.91 Å².